The predicted molar refractivity (Wildman–Crippen MR) is 178 cm³/mol. The standard InChI is InChI=1S/C32H42ClN7O3S/c1-4-35-31(42)23(21-34)19-30-40(5-2)32(43)28(44-30)13-14-36-25-7-6-8-27(20-25)37(3)29(41)22-38-15-17-39(18-16-38)26-11-9-24(33)10-12-26/h6-12,20,23,28,30,36H,4-5,13-19,22H2,1-3H3,(H,35,42). The van der Waals surface area contributed by atoms with Gasteiger partial charge in [-0.3, -0.25) is 19.3 Å². The number of thioether (sulfide) groups is 1. The Balaban J connectivity index is 1.25. The van der Waals surface area contributed by atoms with Crippen molar-refractivity contribution < 1.29 is 14.4 Å². The van der Waals surface area contributed by atoms with E-state index in [1.807, 2.05) is 62.4 Å². The van der Waals surface area contributed by atoms with E-state index in [0.29, 0.717) is 39.0 Å². The van der Waals surface area contributed by atoms with Gasteiger partial charge >= 0.3 is 0 Å². The predicted octanol–water partition coefficient (Wildman–Crippen LogP) is 3.88. The molecule has 0 spiro atoms. The number of benzene rings is 2. The lowest BCUT2D eigenvalue weighted by Gasteiger charge is -2.36. The van der Waals surface area contributed by atoms with Crippen molar-refractivity contribution in [2.75, 3.05) is 74.5 Å². The summed E-state index contributed by atoms with van der Waals surface area (Å²) >= 11 is 7.55. The lowest BCUT2D eigenvalue weighted by molar-refractivity contribution is -0.131. The number of nitriles is 1. The molecule has 3 atom stereocenters. The Morgan fingerprint density at radius 2 is 1.86 bits per heavy atom. The van der Waals surface area contributed by atoms with Crippen LogP contribution in [0.2, 0.25) is 5.02 Å². The van der Waals surface area contributed by atoms with Crippen molar-refractivity contribution in [3.05, 3.63) is 53.6 Å². The van der Waals surface area contributed by atoms with E-state index in [0.717, 1.165) is 48.3 Å². The highest BCUT2D eigenvalue weighted by Crippen LogP contribution is 2.37. The van der Waals surface area contributed by atoms with E-state index in [4.69, 9.17) is 11.6 Å². The highest BCUT2D eigenvalue weighted by Gasteiger charge is 2.40. The number of halogens is 1. The molecule has 2 aromatic carbocycles. The van der Waals surface area contributed by atoms with Crippen molar-refractivity contribution in [2.24, 2.45) is 5.92 Å². The van der Waals surface area contributed by atoms with Crippen LogP contribution in [0.25, 0.3) is 0 Å². The second kappa shape index (κ2) is 16.0. The Kier molecular flexibility index (Phi) is 12.2. The Morgan fingerprint density at radius 1 is 1.14 bits per heavy atom. The molecule has 3 unspecified atom stereocenters. The van der Waals surface area contributed by atoms with Crippen molar-refractivity contribution in [1.29, 1.82) is 5.26 Å². The lowest BCUT2D eigenvalue weighted by atomic mass is 10.1. The van der Waals surface area contributed by atoms with Gasteiger partial charge in [0, 0.05) is 81.4 Å². The smallest absolute Gasteiger partial charge is 0.240 e. The van der Waals surface area contributed by atoms with E-state index in [-0.39, 0.29) is 28.3 Å². The normalized spacial score (nSPS) is 19.4. The maximum absolute atomic E-state index is 13.1. The third-order valence-corrected chi connectivity index (χ3v) is 9.87. The molecular formula is C32H42ClN7O3S. The number of hydrogen-bond acceptors (Lipinski definition) is 8. The Bertz CT molecular complexity index is 1330. The summed E-state index contributed by atoms with van der Waals surface area (Å²) in [5.74, 6) is -0.995. The van der Waals surface area contributed by atoms with Gasteiger partial charge in [-0.15, -0.1) is 11.8 Å². The first-order chi connectivity index (χ1) is 21.2. The average molecular weight is 640 g/mol. The molecule has 0 saturated carbocycles. The van der Waals surface area contributed by atoms with Crippen LogP contribution in [0.5, 0.6) is 0 Å². The first-order valence-corrected chi connectivity index (χ1v) is 16.5. The number of piperazine rings is 1. The summed E-state index contributed by atoms with van der Waals surface area (Å²) in [6.07, 6.45) is 0.923. The van der Waals surface area contributed by atoms with Crippen LogP contribution < -0.4 is 20.4 Å². The molecular weight excluding hydrogens is 598 g/mol. The zero-order valence-electron chi connectivity index (χ0n) is 25.7. The van der Waals surface area contributed by atoms with E-state index in [1.54, 1.807) is 16.8 Å². The van der Waals surface area contributed by atoms with Gasteiger partial charge in [0.2, 0.25) is 17.7 Å². The van der Waals surface area contributed by atoms with Gasteiger partial charge in [-0.25, -0.2) is 0 Å². The summed E-state index contributed by atoms with van der Waals surface area (Å²) < 4.78 is 0. The van der Waals surface area contributed by atoms with Crippen LogP contribution in [0.4, 0.5) is 17.1 Å². The molecule has 12 heteroatoms. The molecule has 3 amide bonds. The monoisotopic (exact) mass is 639 g/mol. The Labute approximate surface area is 269 Å². The minimum atomic E-state index is -0.785. The van der Waals surface area contributed by atoms with Gasteiger partial charge < -0.3 is 25.3 Å². The number of rotatable bonds is 13. The number of carbonyl (C=O) groups is 3. The molecule has 236 valence electrons. The van der Waals surface area contributed by atoms with Crippen LogP contribution in [0.3, 0.4) is 0 Å². The highest BCUT2D eigenvalue weighted by molar-refractivity contribution is 8.01. The third kappa shape index (κ3) is 8.58. The topological polar surface area (TPSA) is 112 Å². The molecule has 2 N–H and O–H groups in total. The summed E-state index contributed by atoms with van der Waals surface area (Å²) in [5, 5.41) is 15.9. The van der Waals surface area contributed by atoms with Crippen molar-refractivity contribution in [1.82, 2.24) is 15.1 Å². The molecule has 2 saturated heterocycles. The van der Waals surface area contributed by atoms with Gasteiger partial charge in [-0.05, 0) is 62.7 Å². The van der Waals surface area contributed by atoms with E-state index in [1.165, 1.54) is 11.8 Å². The van der Waals surface area contributed by atoms with Gasteiger partial charge in [0.1, 0.15) is 5.92 Å². The van der Waals surface area contributed by atoms with Crippen LogP contribution in [-0.4, -0.2) is 97.6 Å². The van der Waals surface area contributed by atoms with Crippen LogP contribution in [0, 0.1) is 17.2 Å². The number of amides is 3. The molecule has 2 fully saturated rings. The fourth-order valence-electron chi connectivity index (χ4n) is 5.53. The largest absolute Gasteiger partial charge is 0.385 e. The van der Waals surface area contributed by atoms with Crippen LogP contribution in [-0.2, 0) is 14.4 Å². The molecule has 0 aromatic heterocycles. The average Bonchev–Trinajstić information content (AvgIpc) is 3.33. The molecule has 4 rings (SSSR count). The van der Waals surface area contributed by atoms with E-state index >= 15 is 0 Å². The second-order valence-corrected chi connectivity index (χ2v) is 12.8. The van der Waals surface area contributed by atoms with Crippen LogP contribution in [0.15, 0.2) is 48.5 Å². The quantitative estimate of drug-likeness (QED) is 0.340. The van der Waals surface area contributed by atoms with Gasteiger partial charge in [0.05, 0.1) is 23.2 Å². The number of likely N-dealkylation sites (N-methyl/N-ethyl adjacent to an activating group) is 1. The number of hydrogen-bond donors (Lipinski definition) is 2. The maximum Gasteiger partial charge on any atom is 0.240 e. The fraction of sp³-hybridized carbons (Fsp3) is 0.500. The van der Waals surface area contributed by atoms with Crippen LogP contribution in [0.1, 0.15) is 26.7 Å². The summed E-state index contributed by atoms with van der Waals surface area (Å²) in [4.78, 5) is 46.4. The van der Waals surface area contributed by atoms with Crippen molar-refractivity contribution >= 4 is 58.1 Å². The molecule has 0 bridgehead atoms. The minimum absolute atomic E-state index is 0.0315. The number of nitrogens with zero attached hydrogens (tertiary/aromatic N) is 5. The maximum atomic E-state index is 13.1. The Hall–Kier alpha value is -3.46. The SMILES string of the molecule is CCNC(=O)C(C#N)CC1SC(CCNc2cccc(N(C)C(=O)CN3CCN(c4ccc(Cl)cc4)CC3)c2)C(=O)N1CC. The molecule has 2 aliphatic rings. The molecule has 0 radical (unpaired) electrons. The van der Waals surface area contributed by atoms with Gasteiger partial charge in [0.25, 0.3) is 0 Å². The summed E-state index contributed by atoms with van der Waals surface area (Å²) in [6, 6.07) is 17.7. The fourth-order valence-corrected chi connectivity index (χ4v) is 7.24. The number of anilines is 3. The Morgan fingerprint density at radius 3 is 2.52 bits per heavy atom. The molecule has 0 aliphatic carbocycles. The minimum Gasteiger partial charge on any atom is -0.385 e. The molecule has 2 aliphatic heterocycles. The summed E-state index contributed by atoms with van der Waals surface area (Å²) in [5.41, 5.74) is 2.82. The van der Waals surface area contributed by atoms with Gasteiger partial charge in [0.15, 0.2) is 0 Å². The number of nitrogens with one attached hydrogen (secondary N) is 2. The van der Waals surface area contributed by atoms with E-state index in [2.05, 4.69) is 26.5 Å². The van der Waals surface area contributed by atoms with Crippen LogP contribution >= 0.6 is 23.4 Å². The second-order valence-electron chi connectivity index (χ2n) is 11.0. The number of carbonyl (C=O) groups excluding carboxylic acids is 3. The highest BCUT2D eigenvalue weighted by atomic mass is 35.5. The summed E-state index contributed by atoms with van der Waals surface area (Å²) in [7, 11) is 1.80. The van der Waals surface area contributed by atoms with Crippen molar-refractivity contribution in [3.63, 3.8) is 0 Å². The molecule has 44 heavy (non-hydrogen) atoms. The first kappa shape index (κ1) is 33.4. The van der Waals surface area contributed by atoms with E-state index in [9.17, 15) is 19.6 Å². The van der Waals surface area contributed by atoms with Gasteiger partial charge in [-0.2, -0.15) is 5.26 Å². The molecule has 2 aromatic rings. The van der Waals surface area contributed by atoms with E-state index < -0.39 is 5.92 Å². The zero-order chi connectivity index (χ0) is 31.6. The zero-order valence-corrected chi connectivity index (χ0v) is 27.2. The lowest BCUT2D eigenvalue weighted by Crippen LogP contribution is -2.49. The molecule has 2 heterocycles. The van der Waals surface area contributed by atoms with Crippen molar-refractivity contribution in [2.45, 2.75) is 37.3 Å². The summed E-state index contributed by atoms with van der Waals surface area (Å²) in [6.45, 7) is 8.98. The molecule has 10 nitrogen and oxygen atoms in total. The third-order valence-electron chi connectivity index (χ3n) is 8.09. The first-order valence-electron chi connectivity index (χ1n) is 15.2. The van der Waals surface area contributed by atoms with Gasteiger partial charge in [-0.1, -0.05) is 17.7 Å². The van der Waals surface area contributed by atoms with Crippen molar-refractivity contribution in [3.8, 4) is 6.07 Å².